The van der Waals surface area contributed by atoms with Crippen molar-refractivity contribution in [1.29, 1.82) is 0 Å². The van der Waals surface area contributed by atoms with E-state index in [2.05, 4.69) is 21.3 Å². The SMILES string of the molecule is CCCC[C@H](NC(=O)[C@H](C)NC)C(=O)N1CCC[C@H]1C(=O)NCc1cccc(NC(=O)CC(C)=O)c1. The van der Waals surface area contributed by atoms with E-state index in [4.69, 9.17) is 0 Å². The maximum Gasteiger partial charge on any atom is 0.245 e. The molecule has 1 aliphatic rings. The molecule has 0 saturated carbocycles. The molecule has 0 spiro atoms. The molecule has 4 amide bonds. The molecular formula is C26H39N5O5. The number of anilines is 1. The molecule has 1 aromatic rings. The second-order valence-corrected chi connectivity index (χ2v) is 9.25. The molecule has 2 rings (SSSR count). The number of ketones is 1. The molecule has 1 aliphatic heterocycles. The van der Waals surface area contributed by atoms with Gasteiger partial charge in [-0.1, -0.05) is 31.9 Å². The van der Waals surface area contributed by atoms with E-state index in [1.807, 2.05) is 13.0 Å². The number of likely N-dealkylation sites (tertiary alicyclic amines) is 1. The Kier molecular flexibility index (Phi) is 11.5. The third kappa shape index (κ3) is 8.75. The lowest BCUT2D eigenvalue weighted by Gasteiger charge is -2.29. The smallest absolute Gasteiger partial charge is 0.245 e. The normalized spacial score (nSPS) is 16.7. The van der Waals surface area contributed by atoms with Gasteiger partial charge in [0.05, 0.1) is 12.5 Å². The van der Waals surface area contributed by atoms with Crippen LogP contribution in [0.2, 0.25) is 0 Å². The van der Waals surface area contributed by atoms with Crippen molar-refractivity contribution in [2.75, 3.05) is 18.9 Å². The Labute approximate surface area is 212 Å². The van der Waals surface area contributed by atoms with Crippen LogP contribution in [0.1, 0.15) is 64.9 Å². The topological polar surface area (TPSA) is 137 Å². The summed E-state index contributed by atoms with van der Waals surface area (Å²) in [7, 11) is 1.68. The minimum atomic E-state index is -0.669. The molecule has 3 atom stereocenters. The van der Waals surface area contributed by atoms with E-state index in [0.717, 1.165) is 18.4 Å². The first-order valence-electron chi connectivity index (χ1n) is 12.6. The number of nitrogens with zero attached hydrogens (tertiary/aromatic N) is 1. The van der Waals surface area contributed by atoms with Gasteiger partial charge in [-0.05, 0) is 57.9 Å². The monoisotopic (exact) mass is 501 g/mol. The summed E-state index contributed by atoms with van der Waals surface area (Å²) in [6.45, 7) is 5.80. The van der Waals surface area contributed by atoms with Gasteiger partial charge in [-0.15, -0.1) is 0 Å². The second-order valence-electron chi connectivity index (χ2n) is 9.25. The molecule has 1 fully saturated rings. The Hall–Kier alpha value is -3.27. The highest BCUT2D eigenvalue weighted by molar-refractivity contribution is 6.03. The van der Waals surface area contributed by atoms with Crippen LogP contribution in [0.5, 0.6) is 0 Å². The first-order valence-corrected chi connectivity index (χ1v) is 12.6. The zero-order valence-corrected chi connectivity index (χ0v) is 21.7. The summed E-state index contributed by atoms with van der Waals surface area (Å²) in [6, 6.07) is 5.31. The summed E-state index contributed by atoms with van der Waals surface area (Å²) in [4.78, 5) is 63.3. The number of rotatable bonds is 13. The third-order valence-electron chi connectivity index (χ3n) is 6.21. The highest BCUT2D eigenvalue weighted by Gasteiger charge is 2.37. The van der Waals surface area contributed by atoms with Crippen molar-refractivity contribution in [3.63, 3.8) is 0 Å². The summed E-state index contributed by atoms with van der Waals surface area (Å²) in [5.74, 6) is -1.34. The molecule has 36 heavy (non-hydrogen) atoms. The van der Waals surface area contributed by atoms with E-state index in [9.17, 15) is 24.0 Å². The molecule has 198 valence electrons. The van der Waals surface area contributed by atoms with Crippen LogP contribution in [0, 0.1) is 0 Å². The molecule has 0 radical (unpaired) electrons. The van der Waals surface area contributed by atoms with Crippen molar-refractivity contribution in [3.8, 4) is 0 Å². The number of carbonyl (C=O) groups is 5. The molecule has 0 unspecified atom stereocenters. The van der Waals surface area contributed by atoms with Crippen molar-refractivity contribution in [3.05, 3.63) is 29.8 Å². The zero-order valence-electron chi connectivity index (χ0n) is 21.7. The van der Waals surface area contributed by atoms with Gasteiger partial charge in [0, 0.05) is 18.8 Å². The minimum Gasteiger partial charge on any atom is -0.350 e. The van der Waals surface area contributed by atoms with Crippen LogP contribution in [-0.2, 0) is 30.5 Å². The van der Waals surface area contributed by atoms with Crippen LogP contribution in [0.25, 0.3) is 0 Å². The molecule has 0 aliphatic carbocycles. The Bertz CT molecular complexity index is 950. The minimum absolute atomic E-state index is 0.194. The van der Waals surface area contributed by atoms with Gasteiger partial charge in [-0.3, -0.25) is 24.0 Å². The zero-order chi connectivity index (χ0) is 26.7. The van der Waals surface area contributed by atoms with Gasteiger partial charge >= 0.3 is 0 Å². The molecule has 1 heterocycles. The van der Waals surface area contributed by atoms with Gasteiger partial charge in [0.1, 0.15) is 17.9 Å². The van der Waals surface area contributed by atoms with Crippen LogP contribution >= 0.6 is 0 Å². The predicted molar refractivity (Wildman–Crippen MR) is 137 cm³/mol. The van der Waals surface area contributed by atoms with E-state index >= 15 is 0 Å². The number of hydrogen-bond acceptors (Lipinski definition) is 6. The largest absolute Gasteiger partial charge is 0.350 e. The van der Waals surface area contributed by atoms with E-state index in [1.54, 1.807) is 37.1 Å². The highest BCUT2D eigenvalue weighted by atomic mass is 16.2. The first-order chi connectivity index (χ1) is 17.2. The van der Waals surface area contributed by atoms with E-state index < -0.39 is 24.0 Å². The van der Waals surface area contributed by atoms with Gasteiger partial charge in [0.15, 0.2) is 0 Å². The average molecular weight is 502 g/mol. The van der Waals surface area contributed by atoms with Crippen LogP contribution in [0.3, 0.4) is 0 Å². The lowest BCUT2D eigenvalue weighted by molar-refractivity contribution is -0.141. The van der Waals surface area contributed by atoms with E-state index in [1.165, 1.54) is 6.92 Å². The Morgan fingerprint density at radius 1 is 1.17 bits per heavy atom. The number of nitrogens with one attached hydrogen (secondary N) is 4. The predicted octanol–water partition coefficient (Wildman–Crippen LogP) is 1.49. The van der Waals surface area contributed by atoms with Gasteiger partial charge in [-0.2, -0.15) is 0 Å². The highest BCUT2D eigenvalue weighted by Crippen LogP contribution is 2.20. The fraction of sp³-hybridized carbons (Fsp3) is 0.577. The van der Waals surface area contributed by atoms with Crippen molar-refractivity contribution >= 4 is 35.1 Å². The number of amides is 4. The van der Waals surface area contributed by atoms with Crippen molar-refractivity contribution in [2.45, 2.75) is 84.0 Å². The van der Waals surface area contributed by atoms with E-state index in [0.29, 0.717) is 31.5 Å². The number of benzene rings is 1. The molecule has 1 saturated heterocycles. The van der Waals surface area contributed by atoms with Crippen molar-refractivity contribution in [1.82, 2.24) is 20.9 Å². The van der Waals surface area contributed by atoms with Crippen LogP contribution in [0.4, 0.5) is 5.69 Å². The summed E-state index contributed by atoms with van der Waals surface area (Å²) in [5, 5.41) is 11.3. The maximum absolute atomic E-state index is 13.4. The van der Waals surface area contributed by atoms with E-state index in [-0.39, 0.29) is 36.5 Å². The van der Waals surface area contributed by atoms with Gasteiger partial charge in [-0.25, -0.2) is 0 Å². The standard InChI is InChI=1S/C26H39N5O5/c1-5-6-11-21(30-24(34)18(3)27-4)26(36)31-13-8-12-22(31)25(35)28-16-19-9-7-10-20(15-19)29-23(33)14-17(2)32/h7,9-10,15,18,21-22,27H,5-6,8,11-14,16H2,1-4H3,(H,28,35)(H,29,33)(H,30,34)/t18-,21-,22-/m0/s1. The summed E-state index contributed by atoms with van der Waals surface area (Å²) in [6.07, 6.45) is 3.27. The Morgan fingerprint density at radius 2 is 1.92 bits per heavy atom. The number of hydrogen-bond donors (Lipinski definition) is 4. The van der Waals surface area contributed by atoms with Crippen LogP contribution in [0.15, 0.2) is 24.3 Å². The molecule has 1 aromatic carbocycles. The first kappa shape index (κ1) is 29.0. The second kappa shape index (κ2) is 14.3. The quantitative estimate of drug-likeness (QED) is 0.302. The third-order valence-corrected chi connectivity index (χ3v) is 6.21. The lowest BCUT2D eigenvalue weighted by Crippen LogP contribution is -2.55. The van der Waals surface area contributed by atoms with Crippen molar-refractivity contribution < 1.29 is 24.0 Å². The van der Waals surface area contributed by atoms with Gasteiger partial charge in [0.25, 0.3) is 0 Å². The Balaban J connectivity index is 2.01. The summed E-state index contributed by atoms with van der Waals surface area (Å²) < 4.78 is 0. The van der Waals surface area contributed by atoms with Crippen LogP contribution in [-0.4, -0.2) is 66.0 Å². The van der Waals surface area contributed by atoms with Crippen LogP contribution < -0.4 is 21.3 Å². The molecule has 0 aromatic heterocycles. The molecule has 0 bridgehead atoms. The average Bonchev–Trinajstić information content (AvgIpc) is 3.33. The molecule has 10 heteroatoms. The number of carbonyl (C=O) groups excluding carboxylic acids is 5. The number of likely N-dealkylation sites (N-methyl/N-ethyl adjacent to an activating group) is 1. The number of unbranched alkanes of at least 4 members (excludes halogenated alkanes) is 1. The fourth-order valence-corrected chi connectivity index (χ4v) is 4.09. The molecular weight excluding hydrogens is 462 g/mol. The van der Waals surface area contributed by atoms with Gasteiger partial charge < -0.3 is 26.2 Å². The summed E-state index contributed by atoms with van der Waals surface area (Å²) >= 11 is 0. The Morgan fingerprint density at radius 3 is 2.58 bits per heavy atom. The lowest BCUT2D eigenvalue weighted by atomic mass is 10.1. The fourth-order valence-electron chi connectivity index (χ4n) is 4.09. The number of Topliss-reactive ketones (excluding diaryl/α,β-unsaturated/α-hetero) is 1. The van der Waals surface area contributed by atoms with Gasteiger partial charge in [0.2, 0.25) is 23.6 Å². The molecule has 10 nitrogen and oxygen atoms in total. The maximum atomic E-state index is 13.4. The van der Waals surface area contributed by atoms with Crippen molar-refractivity contribution in [2.24, 2.45) is 0 Å². The summed E-state index contributed by atoms with van der Waals surface area (Å²) in [5.41, 5.74) is 1.31. The molecule has 4 N–H and O–H groups in total.